The predicted molar refractivity (Wildman–Crippen MR) is 141 cm³/mol. The summed E-state index contributed by atoms with van der Waals surface area (Å²) in [7, 11) is 0. The largest absolute Gasteiger partial charge is 0.482 e. The fourth-order valence-corrected chi connectivity index (χ4v) is 4.49. The van der Waals surface area contributed by atoms with Crippen molar-refractivity contribution in [1.82, 2.24) is 0 Å². The van der Waals surface area contributed by atoms with Crippen molar-refractivity contribution in [3.63, 3.8) is 0 Å². The van der Waals surface area contributed by atoms with Crippen molar-refractivity contribution in [2.75, 3.05) is 16.8 Å². The van der Waals surface area contributed by atoms with E-state index in [0.29, 0.717) is 23.7 Å². The summed E-state index contributed by atoms with van der Waals surface area (Å²) < 4.78 is 6.64. The zero-order valence-corrected chi connectivity index (χ0v) is 20.4. The first-order valence-electron chi connectivity index (χ1n) is 11.3. The lowest BCUT2D eigenvalue weighted by atomic mass is 9.90. The number of anilines is 2. The molecule has 6 heteroatoms. The summed E-state index contributed by atoms with van der Waals surface area (Å²) in [6.45, 7) is 0.399. The third-order valence-corrected chi connectivity index (χ3v) is 6.48. The molecule has 0 fully saturated rings. The van der Waals surface area contributed by atoms with Gasteiger partial charge in [-0.15, -0.1) is 0 Å². The summed E-state index contributed by atoms with van der Waals surface area (Å²) >= 11 is 3.45. The maximum absolute atomic E-state index is 13.5. The Kier molecular flexibility index (Phi) is 6.64. The Hall–Kier alpha value is -3.90. The van der Waals surface area contributed by atoms with Gasteiger partial charge >= 0.3 is 0 Å². The number of carbonyl (C=O) groups excluding carboxylic acids is 2. The molecule has 174 valence electrons. The van der Waals surface area contributed by atoms with E-state index in [4.69, 9.17) is 4.74 Å². The van der Waals surface area contributed by atoms with Crippen molar-refractivity contribution < 1.29 is 14.3 Å². The van der Waals surface area contributed by atoms with Crippen LogP contribution in [0.4, 0.5) is 11.4 Å². The first-order chi connectivity index (χ1) is 17.1. The molecule has 0 saturated heterocycles. The Morgan fingerprint density at radius 3 is 2.14 bits per heavy atom. The number of hydrogen-bond donors (Lipinski definition) is 1. The van der Waals surface area contributed by atoms with Gasteiger partial charge in [0.05, 0.1) is 18.2 Å². The second-order valence-electron chi connectivity index (χ2n) is 8.32. The fourth-order valence-electron chi connectivity index (χ4n) is 4.23. The van der Waals surface area contributed by atoms with Gasteiger partial charge in [-0.05, 0) is 47.0 Å². The van der Waals surface area contributed by atoms with Gasteiger partial charge in [0, 0.05) is 10.2 Å². The van der Waals surface area contributed by atoms with Crippen LogP contribution < -0.4 is 15.0 Å². The Labute approximate surface area is 212 Å². The van der Waals surface area contributed by atoms with Gasteiger partial charge in [0.15, 0.2) is 6.61 Å². The van der Waals surface area contributed by atoms with E-state index in [1.54, 1.807) is 23.1 Å². The molecule has 1 aliphatic heterocycles. The number of carbonyl (C=O) groups is 2. The minimum atomic E-state index is -0.467. The van der Waals surface area contributed by atoms with Gasteiger partial charge < -0.3 is 15.0 Å². The van der Waals surface area contributed by atoms with Crippen LogP contribution in [0.5, 0.6) is 5.75 Å². The summed E-state index contributed by atoms with van der Waals surface area (Å²) in [4.78, 5) is 28.0. The van der Waals surface area contributed by atoms with Crippen LogP contribution in [0.1, 0.15) is 22.6 Å². The third-order valence-electron chi connectivity index (χ3n) is 5.95. The van der Waals surface area contributed by atoms with Crippen molar-refractivity contribution in [3.8, 4) is 5.75 Å². The van der Waals surface area contributed by atoms with Crippen LogP contribution in [0.2, 0.25) is 0 Å². The van der Waals surface area contributed by atoms with Crippen molar-refractivity contribution in [1.29, 1.82) is 0 Å². The number of hydrogen-bond acceptors (Lipinski definition) is 3. The van der Waals surface area contributed by atoms with Gasteiger partial charge in [-0.25, -0.2) is 0 Å². The van der Waals surface area contributed by atoms with E-state index < -0.39 is 5.92 Å². The van der Waals surface area contributed by atoms with Gasteiger partial charge in [0.2, 0.25) is 5.91 Å². The highest BCUT2D eigenvalue weighted by Crippen LogP contribution is 2.36. The predicted octanol–water partition coefficient (Wildman–Crippen LogP) is 6.15. The highest BCUT2D eigenvalue weighted by atomic mass is 79.9. The minimum absolute atomic E-state index is 0.0146. The molecular weight excluding hydrogens is 504 g/mol. The van der Waals surface area contributed by atoms with Crippen molar-refractivity contribution in [3.05, 3.63) is 124 Å². The van der Waals surface area contributed by atoms with Crippen LogP contribution in [0.3, 0.4) is 0 Å². The van der Waals surface area contributed by atoms with E-state index in [-0.39, 0.29) is 18.4 Å². The van der Waals surface area contributed by atoms with Crippen LogP contribution in [0, 0.1) is 0 Å². The monoisotopic (exact) mass is 526 g/mol. The summed E-state index contributed by atoms with van der Waals surface area (Å²) in [6, 6.07) is 32.7. The van der Waals surface area contributed by atoms with Crippen LogP contribution in [0.25, 0.3) is 0 Å². The standard InChI is InChI=1S/C29H23BrN2O3/c30-23-13-11-20(12-14-23)18-32-25-17-24(15-16-26(25)35-19-27(32)33)31-29(34)28(21-7-3-1-4-8-21)22-9-5-2-6-10-22/h1-17,28H,18-19H2,(H,31,34). The number of halogens is 1. The van der Waals surface area contributed by atoms with Crippen molar-refractivity contribution in [2.24, 2.45) is 0 Å². The highest BCUT2D eigenvalue weighted by molar-refractivity contribution is 9.10. The van der Waals surface area contributed by atoms with Crippen molar-refractivity contribution >= 4 is 39.1 Å². The molecular formula is C29H23BrN2O3. The first-order valence-corrected chi connectivity index (χ1v) is 12.1. The summed E-state index contributed by atoms with van der Waals surface area (Å²) in [6.07, 6.45) is 0. The maximum Gasteiger partial charge on any atom is 0.265 e. The molecule has 5 rings (SSSR count). The molecule has 1 heterocycles. The van der Waals surface area contributed by atoms with E-state index in [1.165, 1.54) is 0 Å². The van der Waals surface area contributed by atoms with E-state index >= 15 is 0 Å². The fraction of sp³-hybridized carbons (Fsp3) is 0.103. The normalized spacial score (nSPS) is 12.7. The third kappa shape index (κ3) is 5.12. The molecule has 1 aliphatic rings. The van der Waals surface area contributed by atoms with Gasteiger partial charge in [0.1, 0.15) is 5.75 Å². The molecule has 35 heavy (non-hydrogen) atoms. The second-order valence-corrected chi connectivity index (χ2v) is 9.24. The smallest absolute Gasteiger partial charge is 0.265 e. The lowest BCUT2D eigenvalue weighted by Crippen LogP contribution is -2.38. The maximum atomic E-state index is 13.5. The number of benzene rings is 4. The number of nitrogens with one attached hydrogen (secondary N) is 1. The summed E-state index contributed by atoms with van der Waals surface area (Å²) in [5.74, 6) is -0.132. The van der Waals surface area contributed by atoms with Crippen LogP contribution in [-0.4, -0.2) is 18.4 Å². The molecule has 4 aromatic carbocycles. The van der Waals surface area contributed by atoms with Crippen LogP contribution in [0.15, 0.2) is 108 Å². The van der Waals surface area contributed by atoms with E-state index in [0.717, 1.165) is 21.2 Å². The molecule has 2 amide bonds. The van der Waals surface area contributed by atoms with Crippen LogP contribution in [-0.2, 0) is 16.1 Å². The first kappa shape index (κ1) is 22.9. The molecule has 0 saturated carbocycles. The van der Waals surface area contributed by atoms with Crippen LogP contribution >= 0.6 is 15.9 Å². The van der Waals surface area contributed by atoms with Crippen molar-refractivity contribution in [2.45, 2.75) is 12.5 Å². The highest BCUT2D eigenvalue weighted by Gasteiger charge is 2.27. The van der Waals surface area contributed by atoms with E-state index in [1.807, 2.05) is 84.9 Å². The number of amides is 2. The summed E-state index contributed by atoms with van der Waals surface area (Å²) in [5.41, 5.74) is 4.05. The Bertz CT molecular complexity index is 1300. The number of ether oxygens (including phenoxy) is 1. The molecule has 4 aromatic rings. The molecule has 5 nitrogen and oxygen atoms in total. The quantitative estimate of drug-likeness (QED) is 0.328. The zero-order chi connectivity index (χ0) is 24.2. The number of fused-ring (bicyclic) bond motifs is 1. The lowest BCUT2D eigenvalue weighted by molar-refractivity contribution is -0.121. The summed E-state index contributed by atoms with van der Waals surface area (Å²) in [5, 5.41) is 3.06. The Morgan fingerprint density at radius 1 is 0.886 bits per heavy atom. The van der Waals surface area contributed by atoms with E-state index in [9.17, 15) is 9.59 Å². The average Bonchev–Trinajstić information content (AvgIpc) is 2.88. The van der Waals surface area contributed by atoms with Gasteiger partial charge in [0.25, 0.3) is 5.91 Å². The Balaban J connectivity index is 1.44. The molecule has 0 aromatic heterocycles. The minimum Gasteiger partial charge on any atom is -0.482 e. The number of nitrogens with zero attached hydrogens (tertiary/aromatic N) is 1. The lowest BCUT2D eigenvalue weighted by Gasteiger charge is -2.30. The number of rotatable bonds is 6. The van der Waals surface area contributed by atoms with Gasteiger partial charge in [-0.2, -0.15) is 0 Å². The Morgan fingerprint density at radius 2 is 1.51 bits per heavy atom. The average molecular weight is 527 g/mol. The SMILES string of the molecule is O=C(Nc1ccc2c(c1)N(Cc1ccc(Br)cc1)C(=O)CO2)C(c1ccccc1)c1ccccc1. The molecule has 0 unspecified atom stereocenters. The van der Waals surface area contributed by atoms with Gasteiger partial charge in [-0.3, -0.25) is 9.59 Å². The molecule has 0 atom stereocenters. The second kappa shape index (κ2) is 10.2. The molecule has 0 bridgehead atoms. The molecule has 0 spiro atoms. The molecule has 0 radical (unpaired) electrons. The molecule has 0 aliphatic carbocycles. The zero-order valence-electron chi connectivity index (χ0n) is 18.9. The van der Waals surface area contributed by atoms with E-state index in [2.05, 4.69) is 21.2 Å². The topological polar surface area (TPSA) is 58.6 Å². The molecule has 1 N–H and O–H groups in total. The van der Waals surface area contributed by atoms with Gasteiger partial charge in [-0.1, -0.05) is 88.7 Å².